The first kappa shape index (κ1) is 18.6. The molecule has 0 radical (unpaired) electrons. The number of ketones is 1. The molecule has 0 N–H and O–H groups in total. The topological polar surface area (TPSA) is 48.0 Å². The van der Waals surface area contributed by atoms with Crippen LogP contribution in [0, 0.1) is 0 Å². The molecule has 1 fully saturated rings. The summed E-state index contributed by atoms with van der Waals surface area (Å²) in [6, 6.07) is 12.9. The Kier molecular flexibility index (Phi) is 5.63. The Bertz CT molecular complexity index is 884. The minimum absolute atomic E-state index is 0.124. The van der Waals surface area contributed by atoms with Crippen LogP contribution >= 0.6 is 0 Å². The lowest BCUT2D eigenvalue weighted by molar-refractivity contribution is 0.101. The number of benzene rings is 2. The predicted octanol–water partition coefficient (Wildman–Crippen LogP) is 4.18. The van der Waals surface area contributed by atoms with Gasteiger partial charge in [-0.1, -0.05) is 18.2 Å². The standard InChI is InChI=1S/C23H25NO4/c1-26-20-8-3-2-7-17(20)15-22-23(25)19-10-9-18(16-21(19)28-22)27-14-6-13-24-11-4-5-12-24/h2-3,7-10,15-16H,4-6,11-14H2,1H3/b22-15-. The third kappa shape index (κ3) is 4.04. The molecule has 4 rings (SSSR count). The van der Waals surface area contributed by atoms with Crippen molar-refractivity contribution in [1.82, 2.24) is 4.90 Å². The second-order valence-corrected chi connectivity index (χ2v) is 7.09. The molecule has 2 aromatic rings. The quantitative estimate of drug-likeness (QED) is 0.534. The summed E-state index contributed by atoms with van der Waals surface area (Å²) in [4.78, 5) is 15.1. The summed E-state index contributed by atoms with van der Waals surface area (Å²) in [6.45, 7) is 4.14. The molecule has 28 heavy (non-hydrogen) atoms. The van der Waals surface area contributed by atoms with Crippen molar-refractivity contribution < 1.29 is 19.0 Å². The zero-order valence-corrected chi connectivity index (χ0v) is 16.1. The van der Waals surface area contributed by atoms with E-state index in [-0.39, 0.29) is 5.78 Å². The number of carbonyl (C=O) groups excluding carboxylic acids is 1. The second-order valence-electron chi connectivity index (χ2n) is 7.09. The fourth-order valence-corrected chi connectivity index (χ4v) is 3.67. The van der Waals surface area contributed by atoms with E-state index in [4.69, 9.17) is 14.2 Å². The molecule has 0 atom stereocenters. The molecule has 1 saturated heterocycles. The molecule has 2 aliphatic rings. The van der Waals surface area contributed by atoms with Crippen molar-refractivity contribution in [3.8, 4) is 17.2 Å². The van der Waals surface area contributed by atoms with E-state index in [1.165, 1.54) is 25.9 Å². The van der Waals surface area contributed by atoms with Crippen LogP contribution in [0.2, 0.25) is 0 Å². The lowest BCUT2D eigenvalue weighted by Gasteiger charge is -2.14. The first-order chi connectivity index (χ1) is 13.7. The van der Waals surface area contributed by atoms with Crippen molar-refractivity contribution in [3.05, 3.63) is 59.4 Å². The van der Waals surface area contributed by atoms with Crippen molar-refractivity contribution >= 4 is 11.9 Å². The second kappa shape index (κ2) is 8.48. The Hall–Kier alpha value is -2.79. The largest absolute Gasteiger partial charge is 0.496 e. The number of ether oxygens (including phenoxy) is 3. The van der Waals surface area contributed by atoms with Crippen molar-refractivity contribution in [2.45, 2.75) is 19.3 Å². The average molecular weight is 379 g/mol. The molecule has 2 aromatic carbocycles. The fraction of sp³-hybridized carbons (Fsp3) is 0.348. The molecular weight excluding hydrogens is 354 g/mol. The molecule has 146 valence electrons. The van der Waals surface area contributed by atoms with Gasteiger partial charge in [0.15, 0.2) is 5.76 Å². The summed E-state index contributed by atoms with van der Waals surface area (Å²) in [7, 11) is 1.61. The lowest BCUT2D eigenvalue weighted by Crippen LogP contribution is -2.21. The third-order valence-electron chi connectivity index (χ3n) is 5.15. The molecule has 5 heteroatoms. The number of hydrogen-bond donors (Lipinski definition) is 0. The number of nitrogens with zero attached hydrogens (tertiary/aromatic N) is 1. The van der Waals surface area contributed by atoms with E-state index in [0.717, 1.165) is 24.3 Å². The van der Waals surface area contributed by atoms with Gasteiger partial charge in [0.2, 0.25) is 5.78 Å². The van der Waals surface area contributed by atoms with Crippen LogP contribution in [0.15, 0.2) is 48.2 Å². The van der Waals surface area contributed by atoms with Gasteiger partial charge in [-0.3, -0.25) is 4.79 Å². The molecule has 0 aromatic heterocycles. The zero-order chi connectivity index (χ0) is 19.3. The molecule has 0 unspecified atom stereocenters. The Balaban J connectivity index is 1.40. The maximum Gasteiger partial charge on any atom is 0.231 e. The highest BCUT2D eigenvalue weighted by Crippen LogP contribution is 2.35. The number of Topliss-reactive ketones (excluding diaryl/α,β-unsaturated/α-hetero) is 1. The SMILES string of the molecule is COc1ccccc1/C=C1\Oc2cc(OCCCN3CCCC3)ccc2C1=O. The van der Waals surface area contributed by atoms with Gasteiger partial charge in [0, 0.05) is 18.2 Å². The van der Waals surface area contributed by atoms with Gasteiger partial charge in [-0.05, 0) is 56.6 Å². The van der Waals surface area contributed by atoms with Crippen LogP contribution in [0.4, 0.5) is 0 Å². The number of carbonyl (C=O) groups is 1. The molecular formula is C23H25NO4. The highest BCUT2D eigenvalue weighted by atomic mass is 16.5. The van der Waals surface area contributed by atoms with Gasteiger partial charge in [-0.25, -0.2) is 0 Å². The van der Waals surface area contributed by atoms with E-state index < -0.39 is 0 Å². The van der Waals surface area contributed by atoms with E-state index in [9.17, 15) is 4.79 Å². The minimum Gasteiger partial charge on any atom is -0.496 e. The van der Waals surface area contributed by atoms with E-state index in [2.05, 4.69) is 4.90 Å². The minimum atomic E-state index is -0.124. The van der Waals surface area contributed by atoms with Gasteiger partial charge in [-0.15, -0.1) is 0 Å². The van der Waals surface area contributed by atoms with Gasteiger partial charge >= 0.3 is 0 Å². The average Bonchev–Trinajstić information content (AvgIpc) is 3.34. The van der Waals surface area contributed by atoms with Gasteiger partial charge in [0.05, 0.1) is 19.3 Å². The number of methoxy groups -OCH3 is 1. The smallest absolute Gasteiger partial charge is 0.231 e. The van der Waals surface area contributed by atoms with Gasteiger partial charge in [0.25, 0.3) is 0 Å². The monoisotopic (exact) mass is 379 g/mol. The molecule has 2 heterocycles. The van der Waals surface area contributed by atoms with Crippen LogP contribution in [0.25, 0.3) is 6.08 Å². The van der Waals surface area contributed by atoms with Crippen LogP contribution in [0.5, 0.6) is 17.2 Å². The van der Waals surface area contributed by atoms with Crippen LogP contribution in [0.3, 0.4) is 0 Å². The third-order valence-corrected chi connectivity index (χ3v) is 5.15. The number of likely N-dealkylation sites (tertiary alicyclic amines) is 1. The molecule has 0 bridgehead atoms. The normalized spacial score (nSPS) is 17.6. The van der Waals surface area contributed by atoms with Crippen molar-refractivity contribution in [2.75, 3.05) is 33.4 Å². The predicted molar refractivity (Wildman–Crippen MR) is 108 cm³/mol. The summed E-state index contributed by atoms with van der Waals surface area (Å²) in [5.41, 5.74) is 1.37. The molecule has 0 aliphatic carbocycles. The van der Waals surface area contributed by atoms with Crippen molar-refractivity contribution in [2.24, 2.45) is 0 Å². The van der Waals surface area contributed by atoms with Crippen LogP contribution in [-0.4, -0.2) is 44.0 Å². The Labute approximate surface area is 165 Å². The van der Waals surface area contributed by atoms with Crippen LogP contribution in [-0.2, 0) is 0 Å². The number of hydrogen-bond acceptors (Lipinski definition) is 5. The first-order valence-corrected chi connectivity index (χ1v) is 9.81. The molecule has 0 saturated carbocycles. The Morgan fingerprint density at radius 2 is 1.96 bits per heavy atom. The van der Waals surface area contributed by atoms with Crippen LogP contribution in [0.1, 0.15) is 35.2 Å². The first-order valence-electron chi connectivity index (χ1n) is 9.81. The molecule has 5 nitrogen and oxygen atoms in total. The Morgan fingerprint density at radius 3 is 2.79 bits per heavy atom. The number of fused-ring (bicyclic) bond motifs is 1. The summed E-state index contributed by atoms with van der Waals surface area (Å²) >= 11 is 0. The molecule has 2 aliphatic heterocycles. The summed E-state index contributed by atoms with van der Waals surface area (Å²) in [5, 5.41) is 0. The highest BCUT2D eigenvalue weighted by Gasteiger charge is 2.28. The van der Waals surface area contributed by atoms with E-state index >= 15 is 0 Å². The van der Waals surface area contributed by atoms with E-state index in [1.54, 1.807) is 25.3 Å². The number of rotatable bonds is 7. The molecule has 0 amide bonds. The fourth-order valence-electron chi connectivity index (χ4n) is 3.67. The van der Waals surface area contributed by atoms with E-state index in [0.29, 0.717) is 29.4 Å². The van der Waals surface area contributed by atoms with Gasteiger partial charge in [-0.2, -0.15) is 0 Å². The van der Waals surface area contributed by atoms with Crippen LogP contribution < -0.4 is 14.2 Å². The lowest BCUT2D eigenvalue weighted by atomic mass is 10.1. The highest BCUT2D eigenvalue weighted by molar-refractivity contribution is 6.14. The van der Waals surface area contributed by atoms with Gasteiger partial charge < -0.3 is 19.1 Å². The van der Waals surface area contributed by atoms with E-state index in [1.807, 2.05) is 30.3 Å². The van der Waals surface area contributed by atoms with Crippen molar-refractivity contribution in [1.29, 1.82) is 0 Å². The number of allylic oxidation sites excluding steroid dienone is 1. The van der Waals surface area contributed by atoms with Crippen molar-refractivity contribution in [3.63, 3.8) is 0 Å². The Morgan fingerprint density at radius 1 is 1.14 bits per heavy atom. The summed E-state index contributed by atoms with van der Waals surface area (Å²) in [5.74, 6) is 2.14. The number of para-hydroxylation sites is 1. The summed E-state index contributed by atoms with van der Waals surface area (Å²) in [6.07, 6.45) is 5.33. The van der Waals surface area contributed by atoms with Gasteiger partial charge in [0.1, 0.15) is 17.2 Å². The summed E-state index contributed by atoms with van der Waals surface area (Å²) < 4.78 is 17.0. The zero-order valence-electron chi connectivity index (χ0n) is 16.1. The maximum absolute atomic E-state index is 12.6. The molecule has 0 spiro atoms. The maximum atomic E-state index is 12.6.